The number of nitrogens with one attached hydrogen (secondary N) is 1. The van der Waals surface area contributed by atoms with Crippen LogP contribution in [-0.4, -0.2) is 22.8 Å². The number of hydrogen-bond donors (Lipinski definition) is 2. The maximum absolute atomic E-state index is 13.5. The van der Waals surface area contributed by atoms with Crippen LogP contribution in [0.4, 0.5) is 10.1 Å². The second-order valence-corrected chi connectivity index (χ2v) is 8.87. The van der Waals surface area contributed by atoms with Crippen molar-refractivity contribution < 1.29 is 18.9 Å². The standard InChI is InChI=1S/C20H24FN3O4/c21-15-2-1-11(7-17(15)24(27)28)6-16(18(22)25)23-19(26)20-8-12-3-13(9-20)5-14(4-12)10-20/h1-2,7,12-14,16H,3-6,8-10H2,(H2,22,25)(H,23,26)/t12?,13?,14?,16-,20?/m0/s1. The number of primary amides is 1. The zero-order valence-electron chi connectivity index (χ0n) is 15.5. The van der Waals surface area contributed by atoms with Gasteiger partial charge in [0, 0.05) is 17.9 Å². The molecule has 0 heterocycles. The number of nitrogens with two attached hydrogens (primary N) is 1. The van der Waals surface area contributed by atoms with Gasteiger partial charge in [0.2, 0.25) is 17.6 Å². The third-order valence-corrected chi connectivity index (χ3v) is 6.82. The molecule has 4 bridgehead atoms. The average molecular weight is 389 g/mol. The molecular formula is C20H24FN3O4. The van der Waals surface area contributed by atoms with Crippen LogP contribution in [0.5, 0.6) is 0 Å². The molecule has 0 saturated heterocycles. The number of benzene rings is 1. The Morgan fingerprint density at radius 1 is 1.21 bits per heavy atom. The van der Waals surface area contributed by atoms with E-state index in [0.29, 0.717) is 23.3 Å². The third kappa shape index (κ3) is 3.36. The highest BCUT2D eigenvalue weighted by Crippen LogP contribution is 2.60. The summed E-state index contributed by atoms with van der Waals surface area (Å²) in [6.07, 6.45) is 6.17. The zero-order valence-corrected chi connectivity index (χ0v) is 15.5. The molecule has 4 aliphatic rings. The first-order valence-electron chi connectivity index (χ1n) is 9.79. The summed E-state index contributed by atoms with van der Waals surface area (Å²) < 4.78 is 13.5. The molecule has 0 radical (unpaired) electrons. The van der Waals surface area contributed by atoms with Crippen LogP contribution < -0.4 is 11.1 Å². The summed E-state index contributed by atoms with van der Waals surface area (Å²) in [5.41, 5.74) is 4.79. The molecule has 0 aromatic heterocycles. The molecule has 7 nitrogen and oxygen atoms in total. The van der Waals surface area contributed by atoms with Crippen LogP contribution in [0, 0.1) is 39.1 Å². The number of carbonyl (C=O) groups is 2. The lowest BCUT2D eigenvalue weighted by atomic mass is 9.49. The lowest BCUT2D eigenvalue weighted by Crippen LogP contribution is -2.57. The van der Waals surface area contributed by atoms with E-state index in [1.165, 1.54) is 25.3 Å². The Bertz CT molecular complexity index is 805. The van der Waals surface area contributed by atoms with Crippen LogP contribution in [-0.2, 0) is 16.0 Å². The van der Waals surface area contributed by atoms with Crippen LogP contribution in [0.25, 0.3) is 0 Å². The Balaban J connectivity index is 1.50. The summed E-state index contributed by atoms with van der Waals surface area (Å²) in [6, 6.07) is 2.47. The van der Waals surface area contributed by atoms with E-state index >= 15 is 0 Å². The van der Waals surface area contributed by atoms with Gasteiger partial charge in [-0.25, -0.2) is 0 Å². The van der Waals surface area contributed by atoms with Gasteiger partial charge in [-0.2, -0.15) is 4.39 Å². The highest BCUT2D eigenvalue weighted by molar-refractivity contribution is 5.90. The van der Waals surface area contributed by atoms with Crippen molar-refractivity contribution in [3.63, 3.8) is 0 Å². The molecule has 3 N–H and O–H groups in total. The average Bonchev–Trinajstić information content (AvgIpc) is 2.61. The monoisotopic (exact) mass is 389 g/mol. The number of halogens is 1. The van der Waals surface area contributed by atoms with Gasteiger partial charge in [-0.15, -0.1) is 0 Å². The third-order valence-electron chi connectivity index (χ3n) is 6.82. The van der Waals surface area contributed by atoms with E-state index in [9.17, 15) is 24.1 Å². The van der Waals surface area contributed by atoms with Crippen molar-refractivity contribution in [2.75, 3.05) is 0 Å². The topological polar surface area (TPSA) is 115 Å². The van der Waals surface area contributed by atoms with Gasteiger partial charge in [-0.05, 0) is 67.9 Å². The number of nitro benzene ring substituents is 1. The lowest BCUT2D eigenvalue weighted by Gasteiger charge is -2.55. The first kappa shape index (κ1) is 18.8. The molecule has 8 heteroatoms. The molecule has 4 aliphatic carbocycles. The second kappa shape index (κ2) is 6.83. The van der Waals surface area contributed by atoms with E-state index in [1.54, 1.807) is 0 Å². The van der Waals surface area contributed by atoms with Gasteiger partial charge >= 0.3 is 5.69 Å². The Morgan fingerprint density at radius 3 is 2.29 bits per heavy atom. The minimum Gasteiger partial charge on any atom is -0.368 e. The number of rotatable bonds is 6. The molecule has 28 heavy (non-hydrogen) atoms. The SMILES string of the molecule is NC(=O)[C@H](Cc1ccc(F)c([N+](=O)[O-])c1)NC(=O)C12CC3CC(CC(C3)C1)C2. The van der Waals surface area contributed by atoms with Crippen molar-refractivity contribution in [1.82, 2.24) is 5.32 Å². The molecule has 0 unspecified atom stereocenters. The van der Waals surface area contributed by atoms with Crippen LogP contribution in [0.15, 0.2) is 18.2 Å². The molecule has 4 saturated carbocycles. The van der Waals surface area contributed by atoms with Gasteiger partial charge in [0.1, 0.15) is 6.04 Å². The van der Waals surface area contributed by atoms with Gasteiger partial charge in [0.25, 0.3) is 0 Å². The molecule has 1 atom stereocenters. The van der Waals surface area contributed by atoms with Crippen molar-refractivity contribution in [2.24, 2.45) is 28.9 Å². The molecule has 5 rings (SSSR count). The van der Waals surface area contributed by atoms with Gasteiger partial charge in [-0.3, -0.25) is 19.7 Å². The number of amides is 2. The zero-order chi connectivity index (χ0) is 20.1. The minimum absolute atomic E-state index is 0.00540. The van der Waals surface area contributed by atoms with E-state index in [0.717, 1.165) is 31.4 Å². The fourth-order valence-electron chi connectivity index (χ4n) is 5.98. The molecule has 4 fully saturated rings. The fraction of sp³-hybridized carbons (Fsp3) is 0.600. The Kier molecular flexibility index (Phi) is 4.59. The number of nitro groups is 1. The van der Waals surface area contributed by atoms with E-state index in [1.807, 2.05) is 0 Å². The highest BCUT2D eigenvalue weighted by Gasteiger charge is 2.54. The molecule has 0 spiro atoms. The second-order valence-electron chi connectivity index (χ2n) is 8.87. The van der Waals surface area contributed by atoms with Crippen molar-refractivity contribution in [3.05, 3.63) is 39.7 Å². The normalized spacial score (nSPS) is 31.4. The molecule has 2 amide bonds. The predicted octanol–water partition coefficient (Wildman–Crippen LogP) is 2.46. The summed E-state index contributed by atoms with van der Waals surface area (Å²) >= 11 is 0. The number of nitrogens with zero attached hydrogens (tertiary/aromatic N) is 1. The Labute approximate surface area is 162 Å². The van der Waals surface area contributed by atoms with E-state index in [-0.39, 0.29) is 12.3 Å². The molecule has 1 aromatic rings. The fourth-order valence-corrected chi connectivity index (χ4v) is 5.98. The van der Waals surface area contributed by atoms with Crippen molar-refractivity contribution >= 4 is 17.5 Å². The number of hydrogen-bond acceptors (Lipinski definition) is 4. The molecular weight excluding hydrogens is 365 g/mol. The minimum atomic E-state index is -0.981. The van der Waals surface area contributed by atoms with Crippen LogP contribution in [0.1, 0.15) is 44.1 Å². The first-order chi connectivity index (χ1) is 13.3. The van der Waals surface area contributed by atoms with Crippen molar-refractivity contribution in [3.8, 4) is 0 Å². The van der Waals surface area contributed by atoms with Crippen LogP contribution in [0.3, 0.4) is 0 Å². The van der Waals surface area contributed by atoms with Gasteiger partial charge in [-0.1, -0.05) is 6.07 Å². The molecule has 1 aromatic carbocycles. The summed E-state index contributed by atoms with van der Waals surface area (Å²) in [6.45, 7) is 0. The van der Waals surface area contributed by atoms with E-state index in [2.05, 4.69) is 5.32 Å². The van der Waals surface area contributed by atoms with Gasteiger partial charge in [0.05, 0.1) is 4.92 Å². The maximum Gasteiger partial charge on any atom is 0.305 e. The maximum atomic E-state index is 13.5. The molecule has 0 aliphatic heterocycles. The van der Waals surface area contributed by atoms with Crippen molar-refractivity contribution in [2.45, 2.75) is 51.0 Å². The van der Waals surface area contributed by atoms with Gasteiger partial charge in [0.15, 0.2) is 0 Å². The quantitative estimate of drug-likeness (QED) is 0.574. The summed E-state index contributed by atoms with van der Waals surface area (Å²) in [7, 11) is 0. The lowest BCUT2D eigenvalue weighted by molar-refractivity contribution is -0.387. The first-order valence-corrected chi connectivity index (χ1v) is 9.79. The van der Waals surface area contributed by atoms with Crippen LogP contribution >= 0.6 is 0 Å². The largest absolute Gasteiger partial charge is 0.368 e. The highest BCUT2D eigenvalue weighted by atomic mass is 19.1. The Morgan fingerprint density at radius 2 is 1.79 bits per heavy atom. The summed E-state index contributed by atoms with van der Waals surface area (Å²) in [4.78, 5) is 35.2. The summed E-state index contributed by atoms with van der Waals surface area (Å²) in [5, 5.41) is 13.7. The van der Waals surface area contributed by atoms with Crippen LogP contribution in [0.2, 0.25) is 0 Å². The summed E-state index contributed by atoms with van der Waals surface area (Å²) in [5.74, 6) is -0.0182. The molecule has 150 valence electrons. The number of carbonyl (C=O) groups excluding carboxylic acids is 2. The van der Waals surface area contributed by atoms with E-state index < -0.39 is 33.8 Å². The predicted molar refractivity (Wildman–Crippen MR) is 98.5 cm³/mol. The van der Waals surface area contributed by atoms with E-state index in [4.69, 9.17) is 5.73 Å². The smallest absolute Gasteiger partial charge is 0.305 e. The Hall–Kier alpha value is -2.51. The van der Waals surface area contributed by atoms with Gasteiger partial charge < -0.3 is 11.1 Å². The van der Waals surface area contributed by atoms with Crippen molar-refractivity contribution in [1.29, 1.82) is 0 Å².